The molecular weight excluding hydrogens is 332 g/mol. The maximum atomic E-state index is 13.2. The molecule has 0 saturated carbocycles. The summed E-state index contributed by atoms with van der Waals surface area (Å²) in [6, 6.07) is 3.87. The molecule has 138 valence electrons. The van der Waals surface area contributed by atoms with Gasteiger partial charge in [0, 0.05) is 37.8 Å². The minimum Gasteiger partial charge on any atom is -0.480 e. The van der Waals surface area contributed by atoms with Gasteiger partial charge in [-0.3, -0.25) is 9.48 Å². The summed E-state index contributed by atoms with van der Waals surface area (Å²) in [5.41, 5.74) is 2.80. The SMILES string of the molecule is COc1nc2c(cc1C(=O)N1CCCO[C@H](Cn3cccn3)C1)CCC2. The van der Waals surface area contributed by atoms with Crippen LogP contribution in [0.1, 0.15) is 34.5 Å². The molecule has 0 bridgehead atoms. The topological polar surface area (TPSA) is 69.5 Å². The summed E-state index contributed by atoms with van der Waals surface area (Å²) in [6.45, 7) is 2.50. The molecule has 1 atom stereocenters. The highest BCUT2D eigenvalue weighted by Gasteiger charge is 2.28. The van der Waals surface area contributed by atoms with Crippen molar-refractivity contribution >= 4 is 5.91 Å². The predicted molar refractivity (Wildman–Crippen MR) is 95.3 cm³/mol. The summed E-state index contributed by atoms with van der Waals surface area (Å²) in [6.07, 6.45) is 7.44. The van der Waals surface area contributed by atoms with Crippen molar-refractivity contribution in [1.29, 1.82) is 0 Å². The maximum absolute atomic E-state index is 13.2. The number of rotatable bonds is 4. The van der Waals surface area contributed by atoms with Crippen LogP contribution in [0, 0.1) is 0 Å². The maximum Gasteiger partial charge on any atom is 0.259 e. The lowest BCUT2D eigenvalue weighted by Gasteiger charge is -2.25. The minimum absolute atomic E-state index is 0.0278. The lowest BCUT2D eigenvalue weighted by molar-refractivity contribution is 0.0366. The number of methoxy groups -OCH3 is 1. The first-order valence-electron chi connectivity index (χ1n) is 9.19. The first-order valence-corrected chi connectivity index (χ1v) is 9.19. The fourth-order valence-electron chi connectivity index (χ4n) is 3.74. The van der Waals surface area contributed by atoms with E-state index < -0.39 is 0 Å². The van der Waals surface area contributed by atoms with Crippen molar-refractivity contribution in [1.82, 2.24) is 19.7 Å². The van der Waals surface area contributed by atoms with E-state index in [2.05, 4.69) is 10.1 Å². The number of fused-ring (bicyclic) bond motifs is 1. The Labute approximate surface area is 152 Å². The van der Waals surface area contributed by atoms with E-state index in [9.17, 15) is 4.79 Å². The molecule has 0 spiro atoms. The number of ether oxygens (including phenoxy) is 2. The van der Waals surface area contributed by atoms with Crippen LogP contribution in [0.5, 0.6) is 5.88 Å². The van der Waals surface area contributed by atoms with Gasteiger partial charge in [0.05, 0.1) is 19.8 Å². The molecule has 1 aliphatic heterocycles. The Kier molecular flexibility index (Phi) is 4.88. The molecule has 26 heavy (non-hydrogen) atoms. The molecular formula is C19H24N4O3. The highest BCUT2D eigenvalue weighted by Crippen LogP contribution is 2.28. The standard InChI is InChI=1S/C19H24N4O3/c1-25-18-16(11-14-5-2-6-17(14)21-18)19(24)22-8-4-10-26-15(12-22)13-23-9-3-7-20-23/h3,7,9,11,15H,2,4-6,8,10,12-13H2,1H3/t15-/m0/s1. The van der Waals surface area contributed by atoms with Crippen LogP contribution in [0.4, 0.5) is 0 Å². The summed E-state index contributed by atoms with van der Waals surface area (Å²) in [5.74, 6) is 0.407. The number of hydrogen-bond acceptors (Lipinski definition) is 5. The predicted octanol–water partition coefficient (Wildman–Crippen LogP) is 1.71. The summed E-state index contributed by atoms with van der Waals surface area (Å²) in [4.78, 5) is 19.6. The van der Waals surface area contributed by atoms with Crippen LogP contribution in [-0.2, 0) is 24.1 Å². The number of carbonyl (C=O) groups is 1. The second-order valence-corrected chi connectivity index (χ2v) is 6.83. The molecule has 0 unspecified atom stereocenters. The molecule has 1 fully saturated rings. The first kappa shape index (κ1) is 17.0. The van der Waals surface area contributed by atoms with Crippen molar-refractivity contribution in [3.05, 3.63) is 41.3 Å². The van der Waals surface area contributed by atoms with E-state index in [1.165, 1.54) is 5.56 Å². The van der Waals surface area contributed by atoms with Crippen LogP contribution in [-0.4, -0.2) is 58.5 Å². The van der Waals surface area contributed by atoms with Crippen LogP contribution < -0.4 is 4.74 Å². The van der Waals surface area contributed by atoms with E-state index in [1.54, 1.807) is 13.3 Å². The molecule has 3 heterocycles. The molecule has 1 amide bonds. The zero-order valence-electron chi connectivity index (χ0n) is 15.1. The highest BCUT2D eigenvalue weighted by atomic mass is 16.5. The number of nitrogens with zero attached hydrogens (tertiary/aromatic N) is 4. The summed E-state index contributed by atoms with van der Waals surface area (Å²) >= 11 is 0. The zero-order chi connectivity index (χ0) is 17.9. The molecule has 1 aliphatic carbocycles. The monoisotopic (exact) mass is 356 g/mol. The Morgan fingerprint density at radius 1 is 1.38 bits per heavy atom. The molecule has 7 heteroatoms. The number of carbonyl (C=O) groups excluding carboxylic acids is 1. The van der Waals surface area contributed by atoms with Gasteiger partial charge in [0.1, 0.15) is 5.56 Å². The van der Waals surface area contributed by atoms with Crippen molar-refractivity contribution < 1.29 is 14.3 Å². The van der Waals surface area contributed by atoms with E-state index in [1.807, 2.05) is 27.9 Å². The fraction of sp³-hybridized carbons (Fsp3) is 0.526. The van der Waals surface area contributed by atoms with Crippen molar-refractivity contribution in [2.24, 2.45) is 0 Å². The number of amides is 1. The van der Waals surface area contributed by atoms with E-state index in [0.29, 0.717) is 37.7 Å². The van der Waals surface area contributed by atoms with Gasteiger partial charge in [-0.25, -0.2) is 4.98 Å². The van der Waals surface area contributed by atoms with Gasteiger partial charge in [0.25, 0.3) is 5.91 Å². The Hall–Kier alpha value is -2.41. The normalized spacial score (nSPS) is 19.9. The molecule has 4 rings (SSSR count). The Balaban J connectivity index is 1.54. The molecule has 2 aromatic heterocycles. The van der Waals surface area contributed by atoms with Gasteiger partial charge in [-0.2, -0.15) is 5.10 Å². The molecule has 2 aromatic rings. The number of aromatic nitrogens is 3. The van der Waals surface area contributed by atoms with Gasteiger partial charge in [-0.1, -0.05) is 0 Å². The largest absolute Gasteiger partial charge is 0.480 e. The molecule has 2 aliphatic rings. The van der Waals surface area contributed by atoms with Gasteiger partial charge in [-0.15, -0.1) is 0 Å². The van der Waals surface area contributed by atoms with E-state index in [4.69, 9.17) is 9.47 Å². The third-order valence-corrected chi connectivity index (χ3v) is 5.03. The Bertz CT molecular complexity index is 775. The van der Waals surface area contributed by atoms with Crippen LogP contribution >= 0.6 is 0 Å². The molecule has 1 saturated heterocycles. The molecule has 0 radical (unpaired) electrons. The molecule has 0 aromatic carbocycles. The molecule has 7 nitrogen and oxygen atoms in total. The second kappa shape index (κ2) is 7.45. The van der Waals surface area contributed by atoms with Gasteiger partial charge in [0.15, 0.2) is 0 Å². The summed E-state index contributed by atoms with van der Waals surface area (Å²) in [5, 5.41) is 4.24. The highest BCUT2D eigenvalue weighted by molar-refractivity contribution is 5.96. The third kappa shape index (κ3) is 3.44. The van der Waals surface area contributed by atoms with Gasteiger partial charge in [0.2, 0.25) is 5.88 Å². The number of aryl methyl sites for hydroxylation is 2. The van der Waals surface area contributed by atoms with E-state index in [-0.39, 0.29) is 12.0 Å². The fourth-order valence-corrected chi connectivity index (χ4v) is 3.74. The van der Waals surface area contributed by atoms with Crippen LogP contribution in [0.2, 0.25) is 0 Å². The number of pyridine rings is 1. The average Bonchev–Trinajstić information content (AvgIpc) is 3.27. The third-order valence-electron chi connectivity index (χ3n) is 5.03. The van der Waals surface area contributed by atoms with E-state index >= 15 is 0 Å². The van der Waals surface area contributed by atoms with Crippen LogP contribution in [0.25, 0.3) is 0 Å². The van der Waals surface area contributed by atoms with Crippen LogP contribution in [0.15, 0.2) is 24.5 Å². The molecule has 0 N–H and O–H groups in total. The minimum atomic E-state index is -0.0743. The lowest BCUT2D eigenvalue weighted by atomic mass is 10.1. The second-order valence-electron chi connectivity index (χ2n) is 6.83. The Morgan fingerprint density at radius 2 is 2.31 bits per heavy atom. The zero-order valence-corrected chi connectivity index (χ0v) is 15.1. The summed E-state index contributed by atoms with van der Waals surface area (Å²) in [7, 11) is 1.58. The van der Waals surface area contributed by atoms with Gasteiger partial charge >= 0.3 is 0 Å². The van der Waals surface area contributed by atoms with Crippen molar-refractivity contribution in [3.63, 3.8) is 0 Å². The first-order chi connectivity index (χ1) is 12.7. The van der Waals surface area contributed by atoms with E-state index in [0.717, 1.165) is 31.4 Å². The number of hydrogen-bond donors (Lipinski definition) is 0. The quantitative estimate of drug-likeness (QED) is 0.834. The van der Waals surface area contributed by atoms with Crippen LogP contribution in [0.3, 0.4) is 0 Å². The van der Waals surface area contributed by atoms with Gasteiger partial charge in [-0.05, 0) is 43.4 Å². The summed E-state index contributed by atoms with van der Waals surface area (Å²) < 4.78 is 13.2. The lowest BCUT2D eigenvalue weighted by Crippen LogP contribution is -2.38. The smallest absolute Gasteiger partial charge is 0.259 e. The Morgan fingerprint density at radius 3 is 3.12 bits per heavy atom. The van der Waals surface area contributed by atoms with Crippen molar-refractivity contribution in [2.75, 3.05) is 26.8 Å². The van der Waals surface area contributed by atoms with Gasteiger partial charge < -0.3 is 14.4 Å². The van der Waals surface area contributed by atoms with Crippen molar-refractivity contribution in [2.45, 2.75) is 38.3 Å². The average molecular weight is 356 g/mol. The van der Waals surface area contributed by atoms with Crippen molar-refractivity contribution in [3.8, 4) is 5.88 Å².